The largest absolute Gasteiger partial charge is 0.461 e. The maximum atomic E-state index is 14.1. The molecule has 0 aliphatic heterocycles. The third-order valence-corrected chi connectivity index (χ3v) is 6.62. The van der Waals surface area contributed by atoms with Crippen molar-refractivity contribution in [3.63, 3.8) is 0 Å². The van der Waals surface area contributed by atoms with Crippen LogP contribution in [0, 0.1) is 6.92 Å². The van der Waals surface area contributed by atoms with E-state index in [9.17, 15) is 39.2 Å². The number of halogens is 9. The van der Waals surface area contributed by atoms with Gasteiger partial charge in [-0.15, -0.1) is 0 Å². The van der Waals surface area contributed by atoms with E-state index >= 15 is 0 Å². The summed E-state index contributed by atoms with van der Waals surface area (Å²) in [5.74, 6) is -6.81. The molecule has 2 aromatic rings. The molecule has 2 nitrogen and oxygen atoms in total. The molecule has 0 bridgehead atoms. The SMILES string of the molecule is Cc1ccc(-c2c(Br)cc(Br)cc2S(=O)(=O)C(F)(F)C(F)(F)C(F)(F)F)cc1. The minimum absolute atomic E-state index is 0.0228. The first kappa shape index (κ1) is 23.1. The van der Waals surface area contributed by atoms with Crippen LogP contribution in [0.15, 0.2) is 50.2 Å². The van der Waals surface area contributed by atoms with Crippen LogP contribution in [0.1, 0.15) is 5.56 Å². The fourth-order valence-corrected chi connectivity index (χ4v) is 5.48. The molecule has 0 aliphatic carbocycles. The minimum Gasteiger partial charge on any atom is -0.217 e. The number of alkyl halides is 7. The molecule has 0 N–H and O–H groups in total. The molecule has 0 atom stereocenters. The predicted molar refractivity (Wildman–Crippen MR) is 95.1 cm³/mol. The topological polar surface area (TPSA) is 34.1 Å². The average Bonchev–Trinajstić information content (AvgIpc) is 2.54. The van der Waals surface area contributed by atoms with Gasteiger partial charge in [-0.1, -0.05) is 61.7 Å². The Labute approximate surface area is 171 Å². The summed E-state index contributed by atoms with van der Waals surface area (Å²) >= 11 is 5.78. The van der Waals surface area contributed by atoms with Gasteiger partial charge in [-0.2, -0.15) is 30.7 Å². The van der Waals surface area contributed by atoms with E-state index in [1.165, 1.54) is 30.3 Å². The molecule has 0 fully saturated rings. The van der Waals surface area contributed by atoms with Gasteiger partial charge >= 0.3 is 17.4 Å². The maximum Gasteiger partial charge on any atom is 0.461 e. The van der Waals surface area contributed by atoms with Crippen LogP contribution in [0.5, 0.6) is 0 Å². The number of hydrogen-bond acceptors (Lipinski definition) is 2. The molecule has 0 amide bonds. The van der Waals surface area contributed by atoms with Crippen molar-refractivity contribution in [2.45, 2.75) is 29.2 Å². The summed E-state index contributed by atoms with van der Waals surface area (Å²) in [4.78, 5) is -1.38. The number of sulfone groups is 1. The van der Waals surface area contributed by atoms with Crippen molar-refractivity contribution in [3.05, 3.63) is 50.9 Å². The van der Waals surface area contributed by atoms with Crippen LogP contribution in [-0.4, -0.2) is 25.8 Å². The quantitative estimate of drug-likeness (QED) is 0.390. The van der Waals surface area contributed by atoms with Gasteiger partial charge in [0.05, 0.1) is 4.90 Å². The average molecular weight is 558 g/mol. The fraction of sp³-hybridized carbons (Fsp3) is 0.250. The standard InChI is InChI=1S/C16H9Br2F7O2S/c1-8-2-4-9(5-3-8)13-11(18)6-10(17)7-12(13)28(26,27)16(24,25)14(19,20)15(21,22)23/h2-7H,1H3. The lowest BCUT2D eigenvalue weighted by atomic mass is 10.0. The highest BCUT2D eigenvalue weighted by atomic mass is 79.9. The van der Waals surface area contributed by atoms with E-state index in [0.29, 0.717) is 6.07 Å². The van der Waals surface area contributed by atoms with Gasteiger partial charge in [0.1, 0.15) is 0 Å². The molecule has 0 aliphatic rings. The highest BCUT2D eigenvalue weighted by Crippen LogP contribution is 2.52. The minimum atomic E-state index is -6.81. The van der Waals surface area contributed by atoms with Crippen LogP contribution < -0.4 is 0 Å². The molecule has 154 valence electrons. The van der Waals surface area contributed by atoms with E-state index in [0.717, 1.165) is 5.56 Å². The van der Waals surface area contributed by atoms with E-state index in [1.807, 2.05) is 0 Å². The number of benzene rings is 2. The van der Waals surface area contributed by atoms with Crippen molar-refractivity contribution in [2.75, 3.05) is 0 Å². The lowest BCUT2D eigenvalue weighted by Gasteiger charge is -2.28. The monoisotopic (exact) mass is 556 g/mol. The summed E-state index contributed by atoms with van der Waals surface area (Å²) < 4.78 is 117. The van der Waals surface area contributed by atoms with Gasteiger partial charge in [-0.05, 0) is 24.6 Å². The molecule has 12 heteroatoms. The molecule has 0 heterocycles. The molecule has 0 unspecified atom stereocenters. The normalized spacial score (nSPS) is 13.6. The Kier molecular flexibility index (Phi) is 6.02. The molecule has 28 heavy (non-hydrogen) atoms. The Hall–Kier alpha value is -1.14. The van der Waals surface area contributed by atoms with Crippen molar-refractivity contribution in [1.29, 1.82) is 0 Å². The van der Waals surface area contributed by atoms with E-state index in [-0.39, 0.29) is 14.5 Å². The molecular weight excluding hydrogens is 549 g/mol. The summed E-state index contributed by atoms with van der Waals surface area (Å²) in [6.07, 6.45) is -6.78. The molecule has 0 radical (unpaired) electrons. The summed E-state index contributed by atoms with van der Waals surface area (Å²) in [6.45, 7) is 1.68. The van der Waals surface area contributed by atoms with Crippen LogP contribution in [0.4, 0.5) is 30.7 Å². The second kappa shape index (κ2) is 7.28. The predicted octanol–water partition coefficient (Wildman–Crippen LogP) is 6.75. The Morgan fingerprint density at radius 2 is 1.36 bits per heavy atom. The maximum absolute atomic E-state index is 14.1. The van der Waals surface area contributed by atoms with Crippen molar-refractivity contribution >= 4 is 41.7 Å². The number of rotatable bonds is 4. The molecule has 0 aromatic heterocycles. The van der Waals surface area contributed by atoms with Crippen molar-refractivity contribution in [3.8, 4) is 11.1 Å². The van der Waals surface area contributed by atoms with Gasteiger partial charge in [0.25, 0.3) is 9.84 Å². The van der Waals surface area contributed by atoms with Gasteiger partial charge in [-0.25, -0.2) is 8.42 Å². The molecule has 0 saturated heterocycles. The smallest absolute Gasteiger partial charge is 0.217 e. The summed E-state index contributed by atoms with van der Waals surface area (Å²) in [6, 6.07) is 7.42. The molecule has 0 saturated carbocycles. The van der Waals surface area contributed by atoms with Crippen LogP contribution in [0.2, 0.25) is 0 Å². The zero-order valence-electron chi connectivity index (χ0n) is 13.6. The lowest BCUT2D eigenvalue weighted by molar-refractivity contribution is -0.332. The Bertz CT molecular complexity index is 1000. The summed E-state index contributed by atoms with van der Waals surface area (Å²) in [5, 5.41) is -6.45. The zero-order valence-corrected chi connectivity index (χ0v) is 17.6. The van der Waals surface area contributed by atoms with Gasteiger partial charge in [0.2, 0.25) is 0 Å². The number of hydrogen-bond donors (Lipinski definition) is 0. The first-order valence-electron chi connectivity index (χ1n) is 7.17. The zero-order chi connectivity index (χ0) is 21.7. The second-order valence-corrected chi connectivity index (χ2v) is 9.45. The third-order valence-electron chi connectivity index (χ3n) is 3.71. The Morgan fingerprint density at radius 3 is 1.82 bits per heavy atom. The Morgan fingerprint density at radius 1 is 0.857 bits per heavy atom. The van der Waals surface area contributed by atoms with Crippen molar-refractivity contribution in [1.82, 2.24) is 0 Å². The van der Waals surface area contributed by atoms with Crippen LogP contribution in [0.25, 0.3) is 11.1 Å². The van der Waals surface area contributed by atoms with E-state index in [1.54, 1.807) is 6.92 Å². The molecule has 2 rings (SSSR count). The summed E-state index contributed by atoms with van der Waals surface area (Å²) in [7, 11) is -6.48. The fourth-order valence-electron chi connectivity index (χ4n) is 2.23. The highest BCUT2D eigenvalue weighted by Gasteiger charge is 2.78. The van der Waals surface area contributed by atoms with Crippen molar-refractivity contribution in [2.24, 2.45) is 0 Å². The van der Waals surface area contributed by atoms with Crippen molar-refractivity contribution < 1.29 is 39.2 Å². The molecular formula is C16H9Br2F7O2S. The first-order chi connectivity index (χ1) is 12.5. The summed E-state index contributed by atoms with van der Waals surface area (Å²) in [5.41, 5.74) is 0.269. The second-order valence-electron chi connectivity index (χ2n) is 5.72. The van der Waals surface area contributed by atoms with Gasteiger partial charge in [-0.3, -0.25) is 0 Å². The van der Waals surface area contributed by atoms with Gasteiger partial charge in [0.15, 0.2) is 0 Å². The third kappa shape index (κ3) is 3.70. The van der Waals surface area contributed by atoms with E-state index < -0.39 is 37.6 Å². The number of aryl methyl sites for hydroxylation is 1. The molecule has 0 spiro atoms. The highest BCUT2D eigenvalue weighted by molar-refractivity contribution is 9.11. The van der Waals surface area contributed by atoms with Crippen LogP contribution in [0.3, 0.4) is 0 Å². The van der Waals surface area contributed by atoms with Gasteiger partial charge in [0, 0.05) is 14.5 Å². The first-order valence-corrected chi connectivity index (χ1v) is 10.2. The van der Waals surface area contributed by atoms with Crippen LogP contribution in [-0.2, 0) is 9.84 Å². The molecule has 2 aromatic carbocycles. The Balaban J connectivity index is 2.85. The van der Waals surface area contributed by atoms with E-state index in [2.05, 4.69) is 31.9 Å². The van der Waals surface area contributed by atoms with Crippen LogP contribution >= 0.6 is 31.9 Å². The van der Waals surface area contributed by atoms with E-state index in [4.69, 9.17) is 0 Å². The van der Waals surface area contributed by atoms with Gasteiger partial charge < -0.3 is 0 Å². The lowest BCUT2D eigenvalue weighted by Crippen LogP contribution is -2.56.